The van der Waals surface area contributed by atoms with Crippen molar-refractivity contribution in [2.45, 2.75) is 19.8 Å². The summed E-state index contributed by atoms with van der Waals surface area (Å²) in [5, 5.41) is 0. The third-order valence-electron chi connectivity index (χ3n) is 3.54. The second-order valence-corrected chi connectivity index (χ2v) is 5.08. The monoisotopic (exact) mass is 275 g/mol. The second kappa shape index (κ2) is 6.41. The van der Waals surface area contributed by atoms with Crippen LogP contribution < -0.4 is 5.73 Å². The van der Waals surface area contributed by atoms with Crippen molar-refractivity contribution < 1.29 is 9.59 Å². The lowest BCUT2D eigenvalue weighted by molar-refractivity contribution is -0.155. The average molecular weight is 275 g/mol. The highest BCUT2D eigenvalue weighted by Crippen LogP contribution is 2.10. The van der Waals surface area contributed by atoms with Crippen LogP contribution in [0.3, 0.4) is 0 Å². The lowest BCUT2D eigenvalue weighted by Gasteiger charge is -2.33. The zero-order chi connectivity index (χ0) is 14.5. The molecule has 0 aliphatic carbocycles. The van der Waals surface area contributed by atoms with Gasteiger partial charge in [0.25, 0.3) is 0 Å². The maximum atomic E-state index is 12.0. The van der Waals surface area contributed by atoms with Crippen LogP contribution in [0.1, 0.15) is 18.9 Å². The Balaban J connectivity index is 1.89. The predicted octanol–water partition coefficient (Wildman–Crippen LogP) is 0.892. The number of carbonyl (C=O) groups is 2. The largest absolute Gasteiger partial charge is 0.399 e. The van der Waals surface area contributed by atoms with Crippen LogP contribution in [0.25, 0.3) is 0 Å². The molecule has 108 valence electrons. The van der Waals surface area contributed by atoms with Gasteiger partial charge in [-0.3, -0.25) is 9.59 Å². The van der Waals surface area contributed by atoms with Gasteiger partial charge in [-0.25, -0.2) is 0 Å². The van der Waals surface area contributed by atoms with Gasteiger partial charge in [-0.05, 0) is 30.5 Å². The maximum Gasteiger partial charge on any atom is 0.312 e. The smallest absolute Gasteiger partial charge is 0.312 e. The summed E-state index contributed by atoms with van der Waals surface area (Å²) >= 11 is 0. The summed E-state index contributed by atoms with van der Waals surface area (Å²) in [7, 11) is 0. The van der Waals surface area contributed by atoms with Gasteiger partial charge in [-0.2, -0.15) is 0 Å². The van der Waals surface area contributed by atoms with E-state index in [-0.39, 0.29) is 11.8 Å². The van der Waals surface area contributed by atoms with E-state index in [1.165, 1.54) is 0 Å². The van der Waals surface area contributed by atoms with Gasteiger partial charge in [0.1, 0.15) is 0 Å². The number of hydrogen-bond acceptors (Lipinski definition) is 3. The normalized spacial score (nSPS) is 15.8. The standard InChI is InChI=1S/C15H21N3O2/c1-2-8-17-10-11-18(15(20)14(17)19)9-7-12-3-5-13(16)6-4-12/h3-6H,2,7-11,16H2,1H3. The topological polar surface area (TPSA) is 66.6 Å². The van der Waals surface area contributed by atoms with Crippen molar-refractivity contribution in [3.8, 4) is 0 Å². The second-order valence-electron chi connectivity index (χ2n) is 5.08. The quantitative estimate of drug-likeness (QED) is 0.641. The summed E-state index contributed by atoms with van der Waals surface area (Å²) in [6.45, 7) is 4.51. The molecular weight excluding hydrogens is 254 g/mol. The van der Waals surface area contributed by atoms with Gasteiger partial charge in [0.05, 0.1) is 0 Å². The van der Waals surface area contributed by atoms with Gasteiger partial charge in [0.2, 0.25) is 0 Å². The van der Waals surface area contributed by atoms with Gasteiger partial charge in [-0.15, -0.1) is 0 Å². The molecule has 0 bridgehead atoms. The molecule has 2 rings (SSSR count). The van der Waals surface area contributed by atoms with Crippen molar-refractivity contribution in [1.82, 2.24) is 9.80 Å². The molecule has 2 N–H and O–H groups in total. The van der Waals surface area contributed by atoms with Crippen LogP contribution in [-0.4, -0.2) is 47.8 Å². The number of benzene rings is 1. The molecule has 1 aliphatic heterocycles. The van der Waals surface area contributed by atoms with Crippen molar-refractivity contribution in [3.05, 3.63) is 29.8 Å². The number of nitrogen functional groups attached to an aromatic ring is 1. The lowest BCUT2D eigenvalue weighted by Crippen LogP contribution is -2.54. The molecule has 0 aromatic heterocycles. The van der Waals surface area contributed by atoms with Crippen LogP contribution in [0.4, 0.5) is 5.69 Å². The van der Waals surface area contributed by atoms with E-state index < -0.39 is 0 Å². The highest BCUT2D eigenvalue weighted by atomic mass is 16.2. The van der Waals surface area contributed by atoms with E-state index in [4.69, 9.17) is 5.73 Å². The summed E-state index contributed by atoms with van der Waals surface area (Å²) in [5.41, 5.74) is 7.49. The Bertz CT molecular complexity index is 484. The van der Waals surface area contributed by atoms with Crippen molar-refractivity contribution in [3.63, 3.8) is 0 Å². The fourth-order valence-electron chi connectivity index (χ4n) is 2.36. The van der Waals surface area contributed by atoms with Gasteiger partial charge in [0.15, 0.2) is 0 Å². The first-order valence-electron chi connectivity index (χ1n) is 7.04. The number of rotatable bonds is 5. The van der Waals surface area contributed by atoms with Gasteiger partial charge < -0.3 is 15.5 Å². The molecule has 0 saturated carbocycles. The summed E-state index contributed by atoms with van der Waals surface area (Å²) in [4.78, 5) is 27.2. The van der Waals surface area contributed by atoms with E-state index in [1.54, 1.807) is 9.80 Å². The van der Waals surface area contributed by atoms with Crippen LogP contribution >= 0.6 is 0 Å². The van der Waals surface area contributed by atoms with Crippen LogP contribution in [0.15, 0.2) is 24.3 Å². The summed E-state index contributed by atoms with van der Waals surface area (Å²) in [6.07, 6.45) is 1.62. The van der Waals surface area contributed by atoms with E-state index >= 15 is 0 Å². The number of carbonyl (C=O) groups excluding carboxylic acids is 2. The Hall–Kier alpha value is -2.04. The zero-order valence-corrected chi connectivity index (χ0v) is 11.8. The molecule has 0 spiro atoms. The number of nitrogens with zero attached hydrogens (tertiary/aromatic N) is 2. The first kappa shape index (κ1) is 14.4. The van der Waals surface area contributed by atoms with E-state index in [1.807, 2.05) is 31.2 Å². The van der Waals surface area contributed by atoms with Crippen molar-refractivity contribution in [1.29, 1.82) is 0 Å². The first-order chi connectivity index (χ1) is 9.61. The minimum atomic E-state index is -0.375. The number of nitrogens with two attached hydrogens (primary N) is 1. The third-order valence-corrected chi connectivity index (χ3v) is 3.54. The van der Waals surface area contributed by atoms with Crippen LogP contribution in [0, 0.1) is 0 Å². The molecule has 0 atom stereocenters. The maximum absolute atomic E-state index is 12.0. The van der Waals surface area contributed by atoms with E-state index in [2.05, 4.69) is 0 Å². The Labute approximate surface area is 119 Å². The number of anilines is 1. The molecule has 2 amide bonds. The van der Waals surface area contributed by atoms with Crippen molar-refractivity contribution in [2.24, 2.45) is 0 Å². The molecule has 1 aliphatic rings. The molecule has 5 nitrogen and oxygen atoms in total. The van der Waals surface area contributed by atoms with Crippen LogP contribution in [0.2, 0.25) is 0 Å². The van der Waals surface area contributed by atoms with Crippen molar-refractivity contribution in [2.75, 3.05) is 31.9 Å². The van der Waals surface area contributed by atoms with Crippen LogP contribution in [0.5, 0.6) is 0 Å². The molecule has 1 heterocycles. The number of hydrogen-bond donors (Lipinski definition) is 1. The summed E-state index contributed by atoms with van der Waals surface area (Å²) in [6, 6.07) is 7.60. The Morgan fingerprint density at radius 3 is 2.10 bits per heavy atom. The molecule has 0 unspecified atom stereocenters. The van der Waals surface area contributed by atoms with E-state index in [9.17, 15) is 9.59 Å². The van der Waals surface area contributed by atoms with Gasteiger partial charge in [-0.1, -0.05) is 19.1 Å². The molecule has 1 aromatic rings. The highest BCUT2D eigenvalue weighted by molar-refractivity contribution is 6.35. The lowest BCUT2D eigenvalue weighted by atomic mass is 10.1. The van der Waals surface area contributed by atoms with Crippen LogP contribution in [-0.2, 0) is 16.0 Å². The fourth-order valence-corrected chi connectivity index (χ4v) is 2.36. The third kappa shape index (κ3) is 3.29. The Morgan fingerprint density at radius 1 is 1.00 bits per heavy atom. The molecular formula is C15H21N3O2. The molecule has 1 aromatic carbocycles. The van der Waals surface area contributed by atoms with Gasteiger partial charge >= 0.3 is 11.8 Å². The zero-order valence-electron chi connectivity index (χ0n) is 11.8. The number of amides is 2. The fraction of sp³-hybridized carbons (Fsp3) is 0.467. The summed E-state index contributed by atoms with van der Waals surface area (Å²) < 4.78 is 0. The summed E-state index contributed by atoms with van der Waals surface area (Å²) in [5.74, 6) is -0.740. The average Bonchev–Trinajstić information content (AvgIpc) is 2.45. The Kier molecular flexibility index (Phi) is 4.61. The first-order valence-corrected chi connectivity index (χ1v) is 7.04. The molecule has 1 saturated heterocycles. The SMILES string of the molecule is CCCN1CCN(CCc2ccc(N)cc2)C(=O)C1=O. The molecule has 20 heavy (non-hydrogen) atoms. The number of piperazine rings is 1. The minimum absolute atomic E-state index is 0.365. The molecule has 5 heteroatoms. The van der Waals surface area contributed by atoms with Gasteiger partial charge in [0, 0.05) is 31.9 Å². The highest BCUT2D eigenvalue weighted by Gasteiger charge is 2.31. The minimum Gasteiger partial charge on any atom is -0.399 e. The molecule has 0 radical (unpaired) electrons. The Morgan fingerprint density at radius 2 is 1.55 bits per heavy atom. The van der Waals surface area contributed by atoms with E-state index in [0.717, 1.165) is 24.1 Å². The van der Waals surface area contributed by atoms with E-state index in [0.29, 0.717) is 26.2 Å². The molecule has 1 fully saturated rings. The van der Waals surface area contributed by atoms with Crippen molar-refractivity contribution >= 4 is 17.5 Å². The predicted molar refractivity (Wildman–Crippen MR) is 78.0 cm³/mol.